The molecule has 14 heavy (non-hydrogen) atoms. The third-order valence-electron chi connectivity index (χ3n) is 1.63. The summed E-state index contributed by atoms with van der Waals surface area (Å²) in [5, 5.41) is 0. The summed E-state index contributed by atoms with van der Waals surface area (Å²) >= 11 is 3.97. The second kappa shape index (κ2) is 5.72. The van der Waals surface area contributed by atoms with Gasteiger partial charge >= 0.3 is 0 Å². The fourth-order valence-electron chi connectivity index (χ4n) is 1.02. The summed E-state index contributed by atoms with van der Waals surface area (Å²) in [4.78, 5) is 1.38. The van der Waals surface area contributed by atoms with Gasteiger partial charge in [0.15, 0.2) is 0 Å². The van der Waals surface area contributed by atoms with E-state index < -0.39 is 0 Å². The highest BCUT2D eigenvalue weighted by atomic mass is 32.2. The molecule has 2 heteroatoms. The number of rotatable bonds is 4. The maximum absolute atomic E-state index is 2.27. The molecule has 1 aromatic rings. The summed E-state index contributed by atoms with van der Waals surface area (Å²) in [6.07, 6.45) is 0. The van der Waals surface area contributed by atoms with Crippen molar-refractivity contribution in [2.75, 3.05) is 11.5 Å². The lowest BCUT2D eigenvalue weighted by Crippen LogP contribution is -2.08. The molecule has 0 radical (unpaired) electrons. The van der Waals surface area contributed by atoms with Crippen molar-refractivity contribution in [3.8, 4) is 0 Å². The van der Waals surface area contributed by atoms with Crippen LogP contribution in [0.25, 0.3) is 0 Å². The van der Waals surface area contributed by atoms with Gasteiger partial charge in [-0.2, -0.15) is 11.8 Å². The zero-order chi connectivity index (χ0) is 10.4. The standard InChI is InChI=1S/C12H18S2/c1-12(2,3)14-10-9-13-11-7-5-4-6-8-11/h4-8H,9-10H2,1-3H3. The van der Waals surface area contributed by atoms with E-state index in [1.165, 1.54) is 16.4 Å². The Labute approximate surface area is 95.9 Å². The Bertz CT molecular complexity index is 249. The van der Waals surface area contributed by atoms with E-state index >= 15 is 0 Å². The molecule has 0 atom stereocenters. The Hall–Kier alpha value is -0.0800. The molecule has 0 aliphatic rings. The van der Waals surface area contributed by atoms with E-state index in [0.717, 1.165) is 0 Å². The lowest BCUT2D eigenvalue weighted by atomic mass is 10.3. The molecular formula is C12H18S2. The van der Waals surface area contributed by atoms with Gasteiger partial charge in [-0.25, -0.2) is 0 Å². The molecule has 0 saturated heterocycles. The SMILES string of the molecule is CC(C)(C)SCCSc1ccccc1. The Balaban J connectivity index is 2.17. The molecule has 0 aromatic heterocycles. The van der Waals surface area contributed by atoms with Crippen LogP contribution in [0, 0.1) is 0 Å². The van der Waals surface area contributed by atoms with Gasteiger partial charge in [0.2, 0.25) is 0 Å². The summed E-state index contributed by atoms with van der Waals surface area (Å²) in [6.45, 7) is 6.81. The summed E-state index contributed by atoms with van der Waals surface area (Å²) in [5.74, 6) is 2.43. The minimum atomic E-state index is 0.400. The molecule has 0 bridgehead atoms. The van der Waals surface area contributed by atoms with Gasteiger partial charge in [-0.3, -0.25) is 0 Å². The Morgan fingerprint density at radius 3 is 2.21 bits per heavy atom. The second-order valence-corrected chi connectivity index (χ2v) is 7.21. The quantitative estimate of drug-likeness (QED) is 0.554. The fraction of sp³-hybridized carbons (Fsp3) is 0.500. The van der Waals surface area contributed by atoms with Gasteiger partial charge in [-0.1, -0.05) is 39.0 Å². The first-order valence-electron chi connectivity index (χ1n) is 4.90. The van der Waals surface area contributed by atoms with Crippen LogP contribution >= 0.6 is 23.5 Å². The highest BCUT2D eigenvalue weighted by molar-refractivity contribution is 8.03. The van der Waals surface area contributed by atoms with Crippen LogP contribution in [0.5, 0.6) is 0 Å². The molecule has 0 fully saturated rings. The molecular weight excluding hydrogens is 208 g/mol. The van der Waals surface area contributed by atoms with Crippen LogP contribution in [0.15, 0.2) is 35.2 Å². The van der Waals surface area contributed by atoms with E-state index in [4.69, 9.17) is 0 Å². The van der Waals surface area contributed by atoms with Gasteiger partial charge < -0.3 is 0 Å². The summed E-state index contributed by atoms with van der Waals surface area (Å²) in [5.41, 5.74) is 0. The highest BCUT2D eigenvalue weighted by Gasteiger charge is 2.09. The van der Waals surface area contributed by atoms with E-state index in [1.807, 2.05) is 23.5 Å². The topological polar surface area (TPSA) is 0 Å². The molecule has 0 spiro atoms. The Morgan fingerprint density at radius 2 is 1.64 bits per heavy atom. The summed E-state index contributed by atoms with van der Waals surface area (Å²) < 4.78 is 0.400. The van der Waals surface area contributed by atoms with Gasteiger partial charge in [0.1, 0.15) is 0 Å². The van der Waals surface area contributed by atoms with E-state index in [2.05, 4.69) is 51.1 Å². The second-order valence-electron chi connectivity index (χ2n) is 4.12. The molecule has 0 aliphatic heterocycles. The van der Waals surface area contributed by atoms with Gasteiger partial charge in [0.05, 0.1) is 0 Å². The molecule has 0 heterocycles. The number of thioether (sulfide) groups is 2. The molecule has 0 saturated carbocycles. The van der Waals surface area contributed by atoms with Crippen molar-refractivity contribution in [3.63, 3.8) is 0 Å². The third-order valence-corrected chi connectivity index (χ3v) is 4.18. The minimum absolute atomic E-state index is 0.400. The number of hydrogen-bond acceptors (Lipinski definition) is 2. The summed E-state index contributed by atoms with van der Waals surface area (Å²) in [7, 11) is 0. The van der Waals surface area contributed by atoms with Crippen molar-refractivity contribution in [2.45, 2.75) is 30.4 Å². The predicted molar refractivity (Wildman–Crippen MR) is 69.4 cm³/mol. The van der Waals surface area contributed by atoms with E-state index in [-0.39, 0.29) is 0 Å². The Kier molecular flexibility index (Phi) is 4.90. The van der Waals surface area contributed by atoms with Crippen LogP contribution in [0.2, 0.25) is 0 Å². The zero-order valence-corrected chi connectivity index (χ0v) is 10.8. The van der Waals surface area contributed by atoms with Crippen LogP contribution in [-0.2, 0) is 0 Å². The first-order chi connectivity index (χ1) is 6.58. The van der Waals surface area contributed by atoms with Crippen molar-refractivity contribution >= 4 is 23.5 Å². The van der Waals surface area contributed by atoms with Gasteiger partial charge in [-0.05, 0) is 12.1 Å². The van der Waals surface area contributed by atoms with Gasteiger partial charge in [0, 0.05) is 21.1 Å². The van der Waals surface area contributed by atoms with Gasteiger partial charge in [0.25, 0.3) is 0 Å². The normalized spacial score (nSPS) is 11.6. The van der Waals surface area contributed by atoms with Crippen molar-refractivity contribution in [2.24, 2.45) is 0 Å². The van der Waals surface area contributed by atoms with Crippen LogP contribution < -0.4 is 0 Å². The molecule has 0 amide bonds. The zero-order valence-electron chi connectivity index (χ0n) is 9.12. The average molecular weight is 226 g/mol. The van der Waals surface area contributed by atoms with E-state index in [1.54, 1.807) is 0 Å². The van der Waals surface area contributed by atoms with E-state index in [0.29, 0.717) is 4.75 Å². The highest BCUT2D eigenvalue weighted by Crippen LogP contribution is 2.25. The van der Waals surface area contributed by atoms with Crippen LogP contribution in [0.4, 0.5) is 0 Å². The van der Waals surface area contributed by atoms with Crippen LogP contribution in [-0.4, -0.2) is 16.3 Å². The lowest BCUT2D eigenvalue weighted by Gasteiger charge is -2.16. The fourth-order valence-corrected chi connectivity index (χ4v) is 2.89. The molecule has 0 nitrogen and oxygen atoms in total. The minimum Gasteiger partial charge on any atom is -0.155 e. The van der Waals surface area contributed by atoms with Crippen molar-refractivity contribution in [1.82, 2.24) is 0 Å². The molecule has 0 aliphatic carbocycles. The Morgan fingerprint density at radius 1 is 1.00 bits per heavy atom. The van der Waals surface area contributed by atoms with Crippen molar-refractivity contribution in [1.29, 1.82) is 0 Å². The average Bonchev–Trinajstić information content (AvgIpc) is 2.13. The molecule has 1 aromatic carbocycles. The molecule has 0 unspecified atom stereocenters. The van der Waals surface area contributed by atoms with Crippen LogP contribution in [0.3, 0.4) is 0 Å². The maximum atomic E-state index is 2.27. The summed E-state index contributed by atoms with van der Waals surface area (Å²) in [6, 6.07) is 10.6. The first-order valence-corrected chi connectivity index (χ1v) is 6.87. The van der Waals surface area contributed by atoms with Crippen molar-refractivity contribution in [3.05, 3.63) is 30.3 Å². The maximum Gasteiger partial charge on any atom is 0.00753 e. The monoisotopic (exact) mass is 226 g/mol. The number of benzene rings is 1. The smallest absolute Gasteiger partial charge is 0.00753 e. The van der Waals surface area contributed by atoms with E-state index in [9.17, 15) is 0 Å². The third kappa shape index (κ3) is 5.61. The molecule has 78 valence electrons. The van der Waals surface area contributed by atoms with Gasteiger partial charge in [-0.15, -0.1) is 11.8 Å². The molecule has 1 rings (SSSR count). The van der Waals surface area contributed by atoms with Crippen LogP contribution in [0.1, 0.15) is 20.8 Å². The predicted octanol–water partition coefficient (Wildman–Crippen LogP) is 4.31. The first kappa shape index (κ1) is 12.0. The largest absolute Gasteiger partial charge is 0.155 e. The van der Waals surface area contributed by atoms with Crippen molar-refractivity contribution < 1.29 is 0 Å². The lowest BCUT2D eigenvalue weighted by molar-refractivity contribution is 0.804. The molecule has 0 N–H and O–H groups in total. The number of hydrogen-bond donors (Lipinski definition) is 0.